The van der Waals surface area contributed by atoms with Gasteiger partial charge in [0.2, 0.25) is 5.91 Å². The van der Waals surface area contributed by atoms with Gasteiger partial charge in [-0.25, -0.2) is 4.68 Å². The third-order valence-electron chi connectivity index (χ3n) is 6.44. The smallest absolute Gasteiger partial charge is 0.225 e. The molecule has 32 heavy (non-hydrogen) atoms. The molecule has 2 heterocycles. The molecule has 8 heteroatoms. The van der Waals surface area contributed by atoms with E-state index in [1.54, 1.807) is 14.2 Å². The van der Waals surface area contributed by atoms with Crippen LogP contribution < -0.4 is 15.4 Å². The molecule has 1 amide bonds. The Morgan fingerprint density at radius 1 is 1.16 bits per heavy atom. The van der Waals surface area contributed by atoms with E-state index in [0.29, 0.717) is 12.5 Å². The van der Waals surface area contributed by atoms with Gasteiger partial charge >= 0.3 is 0 Å². The van der Waals surface area contributed by atoms with Gasteiger partial charge in [0.25, 0.3) is 0 Å². The van der Waals surface area contributed by atoms with Crippen molar-refractivity contribution < 1.29 is 9.53 Å². The van der Waals surface area contributed by atoms with Crippen molar-refractivity contribution in [3.8, 4) is 11.4 Å². The number of guanidine groups is 1. The molecule has 2 aliphatic rings. The van der Waals surface area contributed by atoms with Gasteiger partial charge in [-0.3, -0.25) is 9.79 Å². The summed E-state index contributed by atoms with van der Waals surface area (Å²) < 4.78 is 7.06. The number of benzene rings is 1. The zero-order valence-electron chi connectivity index (χ0n) is 19.1. The number of nitrogens with one attached hydrogen (secondary N) is 2. The van der Waals surface area contributed by atoms with Crippen LogP contribution in [0.3, 0.4) is 0 Å². The maximum atomic E-state index is 12.8. The molecule has 2 aromatic rings. The van der Waals surface area contributed by atoms with Crippen LogP contribution in [-0.2, 0) is 11.3 Å². The minimum Gasteiger partial charge on any atom is -0.497 e. The Labute approximate surface area is 190 Å². The lowest BCUT2D eigenvalue weighted by Gasteiger charge is -2.26. The average Bonchev–Trinajstić information content (AvgIpc) is 3.52. The Bertz CT molecular complexity index is 917. The van der Waals surface area contributed by atoms with Crippen molar-refractivity contribution >= 4 is 11.9 Å². The number of rotatable bonds is 6. The minimum atomic E-state index is 0.227. The number of hydrogen-bond donors (Lipinski definition) is 2. The number of carbonyl (C=O) groups excluding carboxylic acids is 1. The molecular weight excluding hydrogens is 404 g/mol. The second kappa shape index (κ2) is 10.5. The van der Waals surface area contributed by atoms with Crippen LogP contribution in [0.5, 0.6) is 5.75 Å². The Morgan fingerprint density at radius 3 is 2.66 bits per heavy atom. The summed E-state index contributed by atoms with van der Waals surface area (Å²) in [5.41, 5.74) is 1.90. The molecule has 1 aliphatic carbocycles. The Morgan fingerprint density at radius 2 is 1.94 bits per heavy atom. The molecule has 1 saturated carbocycles. The van der Waals surface area contributed by atoms with Gasteiger partial charge in [0.05, 0.1) is 25.0 Å². The van der Waals surface area contributed by atoms with Gasteiger partial charge in [0.1, 0.15) is 5.75 Å². The number of likely N-dealkylation sites (tertiary alicyclic amines) is 1. The quantitative estimate of drug-likeness (QED) is 0.535. The van der Waals surface area contributed by atoms with Crippen LogP contribution in [-0.4, -0.2) is 59.8 Å². The topological polar surface area (TPSA) is 83.8 Å². The number of methoxy groups -OCH3 is 1. The normalized spacial score (nSPS) is 19.8. The van der Waals surface area contributed by atoms with E-state index in [1.807, 2.05) is 46.1 Å². The molecule has 4 rings (SSSR count). The van der Waals surface area contributed by atoms with E-state index in [2.05, 4.69) is 20.7 Å². The molecule has 0 bridgehead atoms. The molecular formula is C24H34N6O2. The summed E-state index contributed by atoms with van der Waals surface area (Å²) in [5.74, 6) is 2.14. The molecule has 0 spiro atoms. The van der Waals surface area contributed by atoms with E-state index in [0.717, 1.165) is 55.4 Å². The molecule has 1 saturated heterocycles. The number of hydrogen-bond acceptors (Lipinski definition) is 4. The van der Waals surface area contributed by atoms with Crippen LogP contribution in [0.4, 0.5) is 0 Å². The molecule has 1 aromatic carbocycles. The summed E-state index contributed by atoms with van der Waals surface area (Å²) in [5, 5.41) is 11.5. The molecule has 2 fully saturated rings. The summed E-state index contributed by atoms with van der Waals surface area (Å²) in [6, 6.07) is 10.0. The highest BCUT2D eigenvalue weighted by atomic mass is 16.5. The number of amides is 1. The summed E-state index contributed by atoms with van der Waals surface area (Å²) in [6.45, 7) is 2.15. The van der Waals surface area contributed by atoms with E-state index >= 15 is 0 Å². The number of ether oxygens (including phenoxy) is 1. The fraction of sp³-hybridized carbons (Fsp3) is 0.542. The Kier molecular flexibility index (Phi) is 7.29. The molecule has 2 N–H and O–H groups in total. The summed E-state index contributed by atoms with van der Waals surface area (Å²) in [7, 11) is 3.43. The molecule has 8 nitrogen and oxygen atoms in total. The van der Waals surface area contributed by atoms with Crippen LogP contribution in [0.2, 0.25) is 0 Å². The lowest BCUT2D eigenvalue weighted by Crippen LogP contribution is -2.45. The largest absolute Gasteiger partial charge is 0.497 e. The van der Waals surface area contributed by atoms with E-state index in [1.165, 1.54) is 19.3 Å². The van der Waals surface area contributed by atoms with Gasteiger partial charge in [-0.05, 0) is 49.6 Å². The molecule has 1 aliphatic heterocycles. The third-order valence-corrected chi connectivity index (χ3v) is 6.44. The van der Waals surface area contributed by atoms with Crippen molar-refractivity contribution in [1.82, 2.24) is 25.3 Å². The Hall–Kier alpha value is -3.03. The second-order valence-electron chi connectivity index (χ2n) is 8.62. The van der Waals surface area contributed by atoms with Crippen molar-refractivity contribution in [3.05, 3.63) is 42.2 Å². The monoisotopic (exact) mass is 438 g/mol. The highest BCUT2D eigenvalue weighted by molar-refractivity contribution is 5.81. The van der Waals surface area contributed by atoms with Crippen molar-refractivity contribution in [2.24, 2.45) is 10.9 Å². The van der Waals surface area contributed by atoms with E-state index in [9.17, 15) is 4.79 Å². The highest BCUT2D eigenvalue weighted by Gasteiger charge is 2.31. The van der Waals surface area contributed by atoms with Crippen LogP contribution in [0.15, 0.2) is 41.5 Å². The third kappa shape index (κ3) is 5.41. The number of nitrogens with zero attached hydrogens (tertiary/aromatic N) is 4. The Balaban J connectivity index is 1.25. The van der Waals surface area contributed by atoms with Crippen molar-refractivity contribution in [2.45, 2.75) is 51.1 Å². The molecule has 172 valence electrons. The van der Waals surface area contributed by atoms with Crippen LogP contribution in [0.1, 0.15) is 44.2 Å². The fourth-order valence-electron chi connectivity index (χ4n) is 4.58. The second-order valence-corrected chi connectivity index (χ2v) is 8.62. The van der Waals surface area contributed by atoms with Crippen LogP contribution >= 0.6 is 0 Å². The average molecular weight is 439 g/mol. The number of carbonyl (C=O) groups is 1. The lowest BCUT2D eigenvalue weighted by atomic mass is 9.88. The molecule has 0 radical (unpaired) electrons. The first-order valence-electron chi connectivity index (χ1n) is 11.6. The first-order valence-corrected chi connectivity index (χ1v) is 11.6. The summed E-state index contributed by atoms with van der Waals surface area (Å²) in [4.78, 5) is 19.2. The highest BCUT2D eigenvalue weighted by Crippen LogP contribution is 2.26. The van der Waals surface area contributed by atoms with Crippen molar-refractivity contribution in [3.63, 3.8) is 0 Å². The van der Waals surface area contributed by atoms with Gasteiger partial charge in [0, 0.05) is 38.3 Å². The van der Waals surface area contributed by atoms with Crippen molar-refractivity contribution in [1.29, 1.82) is 0 Å². The van der Waals surface area contributed by atoms with Crippen LogP contribution in [0, 0.1) is 5.92 Å². The number of aliphatic imine (C=N–C) groups is 1. The van der Waals surface area contributed by atoms with E-state index in [4.69, 9.17) is 4.74 Å². The van der Waals surface area contributed by atoms with E-state index in [-0.39, 0.29) is 12.0 Å². The first kappa shape index (κ1) is 22.2. The van der Waals surface area contributed by atoms with Gasteiger partial charge < -0.3 is 20.3 Å². The zero-order chi connectivity index (χ0) is 22.3. The summed E-state index contributed by atoms with van der Waals surface area (Å²) >= 11 is 0. The van der Waals surface area contributed by atoms with Gasteiger partial charge in [-0.1, -0.05) is 19.3 Å². The maximum Gasteiger partial charge on any atom is 0.225 e. The predicted molar refractivity (Wildman–Crippen MR) is 125 cm³/mol. The predicted octanol–water partition coefficient (Wildman–Crippen LogP) is 2.73. The number of aromatic nitrogens is 2. The fourth-order valence-corrected chi connectivity index (χ4v) is 4.58. The SMILES string of the molecule is CN=C(NCc1ccn(-c2ccc(OC)cc2)n1)NC1CCN(C(=O)C2CCCCC2)C1. The zero-order valence-corrected chi connectivity index (χ0v) is 19.1. The van der Waals surface area contributed by atoms with Gasteiger partial charge in [-0.15, -0.1) is 0 Å². The standard InChI is InChI=1S/C24H34N6O2/c1-25-24(27-20-12-14-29(17-20)23(31)18-6-4-3-5-7-18)26-16-19-13-15-30(28-19)21-8-10-22(32-2)11-9-21/h8-11,13,15,18,20H,3-7,12,14,16-17H2,1-2H3,(H2,25,26,27). The van der Waals surface area contributed by atoms with Crippen LogP contribution in [0.25, 0.3) is 5.69 Å². The lowest BCUT2D eigenvalue weighted by molar-refractivity contribution is -0.135. The first-order chi connectivity index (χ1) is 15.7. The van der Waals surface area contributed by atoms with Crippen molar-refractivity contribution in [2.75, 3.05) is 27.2 Å². The van der Waals surface area contributed by atoms with E-state index < -0.39 is 0 Å². The molecule has 1 unspecified atom stereocenters. The van der Waals surface area contributed by atoms with Gasteiger partial charge in [0.15, 0.2) is 5.96 Å². The minimum absolute atomic E-state index is 0.227. The molecule has 1 atom stereocenters. The molecule has 1 aromatic heterocycles. The maximum absolute atomic E-state index is 12.8. The summed E-state index contributed by atoms with van der Waals surface area (Å²) in [6.07, 6.45) is 8.66. The van der Waals surface area contributed by atoms with Gasteiger partial charge in [-0.2, -0.15) is 5.10 Å².